The summed E-state index contributed by atoms with van der Waals surface area (Å²) in [4.78, 5) is 7.92. The Bertz CT molecular complexity index is 399. The lowest BCUT2D eigenvalue weighted by Gasteiger charge is -2.02. The van der Waals surface area contributed by atoms with Crippen molar-refractivity contribution in [2.45, 2.75) is 0 Å². The van der Waals surface area contributed by atoms with Crippen molar-refractivity contribution in [1.82, 2.24) is 9.97 Å². The summed E-state index contributed by atoms with van der Waals surface area (Å²) in [5.41, 5.74) is 6.10. The average molecular weight is 187 g/mol. The van der Waals surface area contributed by atoms with Crippen LogP contribution in [0.3, 0.4) is 0 Å². The summed E-state index contributed by atoms with van der Waals surface area (Å²) in [6.45, 7) is 0. The third-order valence-corrected chi connectivity index (χ3v) is 1.62. The van der Waals surface area contributed by atoms with E-state index in [1.54, 1.807) is 36.8 Å². The molecule has 2 heterocycles. The van der Waals surface area contributed by atoms with Crippen molar-refractivity contribution in [3.63, 3.8) is 0 Å². The number of anilines is 1. The van der Waals surface area contributed by atoms with Crippen LogP contribution in [0, 0.1) is 0 Å². The van der Waals surface area contributed by atoms with Gasteiger partial charge in [-0.15, -0.1) is 0 Å². The first kappa shape index (κ1) is 8.50. The van der Waals surface area contributed by atoms with Crippen LogP contribution in [0.25, 0.3) is 0 Å². The van der Waals surface area contributed by atoms with E-state index in [-0.39, 0.29) is 0 Å². The highest BCUT2D eigenvalue weighted by atomic mass is 16.5. The Balaban J connectivity index is 2.16. The maximum Gasteiger partial charge on any atom is 0.219 e. The minimum Gasteiger partial charge on any atom is -0.437 e. The predicted molar refractivity (Wildman–Crippen MR) is 53.0 cm³/mol. The molecule has 0 aliphatic carbocycles. The van der Waals surface area contributed by atoms with Gasteiger partial charge in [-0.05, 0) is 18.2 Å². The third kappa shape index (κ3) is 1.98. The number of pyridine rings is 2. The first-order chi connectivity index (χ1) is 6.84. The summed E-state index contributed by atoms with van der Waals surface area (Å²) in [6, 6.07) is 7.05. The molecule has 2 aromatic rings. The van der Waals surface area contributed by atoms with Gasteiger partial charge in [0.1, 0.15) is 5.75 Å². The summed E-state index contributed by atoms with van der Waals surface area (Å²) < 4.78 is 5.40. The first-order valence-electron chi connectivity index (χ1n) is 4.14. The molecule has 0 unspecified atom stereocenters. The summed E-state index contributed by atoms with van der Waals surface area (Å²) in [5, 5.41) is 0. The Morgan fingerprint density at radius 3 is 2.71 bits per heavy atom. The topological polar surface area (TPSA) is 61.0 Å². The van der Waals surface area contributed by atoms with Gasteiger partial charge in [-0.1, -0.05) is 0 Å². The Kier molecular flexibility index (Phi) is 2.27. The molecule has 0 aromatic carbocycles. The number of ether oxygens (including phenoxy) is 1. The molecule has 0 atom stereocenters. The minimum absolute atomic E-state index is 0.507. The summed E-state index contributed by atoms with van der Waals surface area (Å²) in [7, 11) is 0. The van der Waals surface area contributed by atoms with Crippen LogP contribution in [0.2, 0.25) is 0 Å². The fraction of sp³-hybridized carbons (Fsp3) is 0. The molecule has 14 heavy (non-hydrogen) atoms. The smallest absolute Gasteiger partial charge is 0.219 e. The Morgan fingerprint density at radius 1 is 1.14 bits per heavy atom. The molecule has 0 bridgehead atoms. The minimum atomic E-state index is 0.507. The number of nitrogen functional groups attached to an aromatic ring is 1. The van der Waals surface area contributed by atoms with Gasteiger partial charge in [-0.2, -0.15) is 0 Å². The second kappa shape index (κ2) is 3.74. The quantitative estimate of drug-likeness (QED) is 0.779. The number of nitrogens with two attached hydrogens (primary N) is 1. The van der Waals surface area contributed by atoms with E-state index in [2.05, 4.69) is 9.97 Å². The van der Waals surface area contributed by atoms with E-state index in [1.165, 1.54) is 0 Å². The molecule has 0 fully saturated rings. The number of nitrogens with zero attached hydrogens (tertiary/aromatic N) is 2. The second-order valence-electron chi connectivity index (χ2n) is 2.72. The SMILES string of the molecule is Nc1ccc(Oc2cccnc2)nc1. The molecule has 2 N–H and O–H groups in total. The van der Waals surface area contributed by atoms with Gasteiger partial charge in [-0.25, -0.2) is 4.98 Å². The molecule has 0 saturated carbocycles. The zero-order chi connectivity index (χ0) is 9.80. The molecule has 0 aliphatic heterocycles. The van der Waals surface area contributed by atoms with E-state index in [9.17, 15) is 0 Å². The Labute approximate surface area is 81.4 Å². The van der Waals surface area contributed by atoms with Crippen molar-refractivity contribution >= 4 is 5.69 Å². The zero-order valence-electron chi connectivity index (χ0n) is 7.42. The van der Waals surface area contributed by atoms with Crippen molar-refractivity contribution in [3.8, 4) is 11.6 Å². The van der Waals surface area contributed by atoms with Gasteiger partial charge in [0, 0.05) is 12.3 Å². The maximum absolute atomic E-state index is 5.49. The van der Waals surface area contributed by atoms with E-state index in [4.69, 9.17) is 10.5 Å². The fourth-order valence-corrected chi connectivity index (χ4v) is 0.980. The molecule has 0 aliphatic rings. The van der Waals surface area contributed by atoms with Crippen LogP contribution in [-0.4, -0.2) is 9.97 Å². The van der Waals surface area contributed by atoms with Crippen LogP contribution in [-0.2, 0) is 0 Å². The van der Waals surface area contributed by atoms with Gasteiger partial charge >= 0.3 is 0 Å². The molecule has 0 saturated heterocycles. The molecule has 0 spiro atoms. The molecule has 0 radical (unpaired) electrons. The molecule has 2 aromatic heterocycles. The summed E-state index contributed by atoms with van der Waals surface area (Å²) >= 11 is 0. The van der Waals surface area contributed by atoms with Gasteiger partial charge in [-0.3, -0.25) is 4.98 Å². The number of hydrogen-bond donors (Lipinski definition) is 1. The average Bonchev–Trinajstić information content (AvgIpc) is 2.23. The van der Waals surface area contributed by atoms with Crippen LogP contribution in [0.15, 0.2) is 42.9 Å². The lowest BCUT2D eigenvalue weighted by atomic mass is 10.4. The number of hydrogen-bond acceptors (Lipinski definition) is 4. The largest absolute Gasteiger partial charge is 0.437 e. The van der Waals surface area contributed by atoms with Crippen LogP contribution in [0.4, 0.5) is 5.69 Å². The van der Waals surface area contributed by atoms with Crippen LogP contribution >= 0.6 is 0 Å². The Morgan fingerprint density at radius 2 is 2.07 bits per heavy atom. The van der Waals surface area contributed by atoms with Crippen molar-refractivity contribution < 1.29 is 4.74 Å². The third-order valence-electron chi connectivity index (χ3n) is 1.62. The molecule has 70 valence electrons. The van der Waals surface area contributed by atoms with Gasteiger partial charge in [0.2, 0.25) is 5.88 Å². The highest BCUT2D eigenvalue weighted by Gasteiger charge is 1.96. The molecule has 2 rings (SSSR count). The number of rotatable bonds is 2. The lowest BCUT2D eigenvalue weighted by molar-refractivity contribution is 0.461. The van der Waals surface area contributed by atoms with Crippen molar-refractivity contribution in [3.05, 3.63) is 42.9 Å². The normalized spacial score (nSPS) is 9.71. The van der Waals surface area contributed by atoms with Gasteiger partial charge in [0.15, 0.2) is 0 Å². The molecular weight excluding hydrogens is 178 g/mol. The highest BCUT2D eigenvalue weighted by molar-refractivity contribution is 5.37. The zero-order valence-corrected chi connectivity index (χ0v) is 7.42. The monoisotopic (exact) mass is 187 g/mol. The summed E-state index contributed by atoms with van der Waals surface area (Å²) in [6.07, 6.45) is 4.85. The van der Waals surface area contributed by atoms with E-state index >= 15 is 0 Å². The van der Waals surface area contributed by atoms with Crippen LogP contribution in [0.5, 0.6) is 11.6 Å². The Hall–Kier alpha value is -2.10. The molecular formula is C10H9N3O. The van der Waals surface area contributed by atoms with Crippen molar-refractivity contribution in [1.29, 1.82) is 0 Å². The van der Waals surface area contributed by atoms with Crippen molar-refractivity contribution in [2.24, 2.45) is 0 Å². The van der Waals surface area contributed by atoms with Gasteiger partial charge < -0.3 is 10.5 Å². The second-order valence-corrected chi connectivity index (χ2v) is 2.72. The van der Waals surface area contributed by atoms with E-state index in [0.29, 0.717) is 17.3 Å². The lowest BCUT2D eigenvalue weighted by Crippen LogP contribution is -1.90. The van der Waals surface area contributed by atoms with Gasteiger partial charge in [0.05, 0.1) is 18.1 Å². The molecule has 4 heteroatoms. The summed E-state index contributed by atoms with van der Waals surface area (Å²) in [5.74, 6) is 1.16. The van der Waals surface area contributed by atoms with Crippen LogP contribution < -0.4 is 10.5 Å². The predicted octanol–water partition coefficient (Wildman–Crippen LogP) is 1.85. The molecule has 4 nitrogen and oxygen atoms in total. The van der Waals surface area contributed by atoms with Crippen LogP contribution in [0.1, 0.15) is 0 Å². The van der Waals surface area contributed by atoms with E-state index in [1.807, 2.05) is 6.07 Å². The number of aromatic nitrogens is 2. The van der Waals surface area contributed by atoms with E-state index in [0.717, 1.165) is 0 Å². The molecule has 0 amide bonds. The van der Waals surface area contributed by atoms with Crippen molar-refractivity contribution in [2.75, 3.05) is 5.73 Å². The maximum atomic E-state index is 5.49. The highest BCUT2D eigenvalue weighted by Crippen LogP contribution is 2.17. The standard InChI is InChI=1S/C10H9N3O/c11-8-3-4-10(13-6-8)14-9-2-1-5-12-7-9/h1-7H,11H2. The van der Waals surface area contributed by atoms with E-state index < -0.39 is 0 Å². The van der Waals surface area contributed by atoms with Gasteiger partial charge in [0.25, 0.3) is 0 Å². The first-order valence-corrected chi connectivity index (χ1v) is 4.14. The fourth-order valence-electron chi connectivity index (χ4n) is 0.980.